The first kappa shape index (κ1) is 21.3. The van der Waals surface area contributed by atoms with Crippen LogP contribution in [0.5, 0.6) is 0 Å². The van der Waals surface area contributed by atoms with Gasteiger partial charge in [-0.25, -0.2) is 9.78 Å². The van der Waals surface area contributed by atoms with Gasteiger partial charge in [0.2, 0.25) is 5.91 Å². The number of nitrogens with one attached hydrogen (secondary N) is 1. The molecule has 1 saturated carbocycles. The molecule has 0 aromatic carbocycles. The number of hydrogen-bond acceptors (Lipinski definition) is 6. The number of aliphatic carboxylic acids is 1. The van der Waals surface area contributed by atoms with Gasteiger partial charge in [-0.05, 0) is 29.9 Å². The predicted octanol–water partition coefficient (Wildman–Crippen LogP) is 2.75. The summed E-state index contributed by atoms with van der Waals surface area (Å²) in [5.41, 5.74) is 0. The minimum Gasteiger partial charge on any atom is -0.475 e. The first-order chi connectivity index (χ1) is 13.7. The number of thiazole rings is 1. The van der Waals surface area contributed by atoms with Gasteiger partial charge in [-0.3, -0.25) is 9.69 Å². The summed E-state index contributed by atoms with van der Waals surface area (Å²) < 4.78 is 37.0. The van der Waals surface area contributed by atoms with Gasteiger partial charge in [-0.1, -0.05) is 0 Å². The smallest absolute Gasteiger partial charge is 0.475 e. The standard InChI is InChI=1S/C16H19N3O2S.C2HF3O2/c20-15(18-7-11-2-1-4-21-11)6-12-13-8-19(9-14(12)13)10-16-17-3-5-22-16;3-2(4,5)1(6)7/h1-5,12-14H,6-10H2,(H,18,20);(H,6,7)/t12?,13-,14+;. The molecule has 11 heteroatoms. The van der Waals surface area contributed by atoms with E-state index in [2.05, 4.69) is 15.2 Å². The van der Waals surface area contributed by atoms with Crippen molar-refractivity contribution in [1.82, 2.24) is 15.2 Å². The summed E-state index contributed by atoms with van der Waals surface area (Å²) in [4.78, 5) is 27.7. The number of halogens is 3. The lowest BCUT2D eigenvalue weighted by Crippen LogP contribution is -2.27. The molecule has 2 aliphatic rings. The monoisotopic (exact) mass is 431 g/mol. The summed E-state index contributed by atoms with van der Waals surface area (Å²) in [5, 5.41) is 13.3. The number of carboxylic acids is 1. The van der Waals surface area contributed by atoms with Crippen LogP contribution in [0.1, 0.15) is 17.2 Å². The molecule has 0 radical (unpaired) electrons. The van der Waals surface area contributed by atoms with Crippen LogP contribution in [-0.4, -0.2) is 46.1 Å². The van der Waals surface area contributed by atoms with Gasteiger partial charge in [0, 0.05) is 31.1 Å². The normalized spacial score (nSPS) is 23.1. The highest BCUT2D eigenvalue weighted by molar-refractivity contribution is 7.09. The van der Waals surface area contributed by atoms with Crippen LogP contribution in [0.2, 0.25) is 0 Å². The summed E-state index contributed by atoms with van der Waals surface area (Å²) in [6.07, 6.45) is -0.937. The number of alkyl halides is 3. The highest BCUT2D eigenvalue weighted by Gasteiger charge is 2.55. The van der Waals surface area contributed by atoms with Gasteiger partial charge in [-0.15, -0.1) is 11.3 Å². The molecule has 1 aliphatic carbocycles. The first-order valence-electron chi connectivity index (χ1n) is 8.94. The van der Waals surface area contributed by atoms with E-state index in [1.54, 1.807) is 17.6 Å². The molecule has 1 unspecified atom stereocenters. The van der Waals surface area contributed by atoms with Gasteiger partial charge in [-0.2, -0.15) is 13.2 Å². The van der Waals surface area contributed by atoms with E-state index in [9.17, 15) is 18.0 Å². The maximum Gasteiger partial charge on any atom is 0.490 e. The summed E-state index contributed by atoms with van der Waals surface area (Å²) in [6.45, 7) is 3.67. The SMILES string of the molecule is O=C(CC1[C@H]2CN(Cc3nccs3)C[C@@H]12)NCc1ccco1.O=C(O)C(F)(F)F. The van der Waals surface area contributed by atoms with E-state index >= 15 is 0 Å². The van der Waals surface area contributed by atoms with E-state index in [0.29, 0.717) is 30.7 Å². The fraction of sp³-hybridized carbons (Fsp3) is 0.500. The Morgan fingerprint density at radius 2 is 2.03 bits per heavy atom. The Morgan fingerprint density at radius 1 is 1.34 bits per heavy atom. The number of likely N-dealkylation sites (tertiary alicyclic amines) is 1. The van der Waals surface area contributed by atoms with Crippen LogP contribution in [0.25, 0.3) is 0 Å². The minimum absolute atomic E-state index is 0.141. The van der Waals surface area contributed by atoms with Crippen LogP contribution in [0, 0.1) is 17.8 Å². The molecule has 1 aliphatic heterocycles. The summed E-state index contributed by atoms with van der Waals surface area (Å²) in [7, 11) is 0. The Hall–Kier alpha value is -2.40. The van der Waals surface area contributed by atoms with Crippen LogP contribution in [0.3, 0.4) is 0 Å². The Bertz CT molecular complexity index is 799. The zero-order valence-corrected chi connectivity index (χ0v) is 16.1. The molecule has 1 saturated heterocycles. The lowest BCUT2D eigenvalue weighted by atomic mass is 10.2. The van der Waals surface area contributed by atoms with Crippen molar-refractivity contribution in [2.24, 2.45) is 17.8 Å². The summed E-state index contributed by atoms with van der Waals surface area (Å²) >= 11 is 1.72. The minimum atomic E-state index is -5.08. The Balaban J connectivity index is 0.000000298. The van der Waals surface area contributed by atoms with E-state index in [-0.39, 0.29) is 5.91 Å². The van der Waals surface area contributed by atoms with E-state index in [1.165, 1.54) is 5.01 Å². The molecule has 29 heavy (non-hydrogen) atoms. The second-order valence-electron chi connectivity index (χ2n) is 6.97. The number of carboxylic acid groups (broad SMARTS) is 1. The Morgan fingerprint density at radius 3 is 2.55 bits per heavy atom. The highest BCUT2D eigenvalue weighted by Crippen LogP contribution is 2.53. The van der Waals surface area contributed by atoms with Crippen molar-refractivity contribution in [3.63, 3.8) is 0 Å². The molecule has 2 fully saturated rings. The van der Waals surface area contributed by atoms with Crippen LogP contribution in [0.15, 0.2) is 34.4 Å². The van der Waals surface area contributed by atoms with Gasteiger partial charge in [0.05, 0.1) is 19.4 Å². The summed E-state index contributed by atoms with van der Waals surface area (Å²) in [6, 6.07) is 3.71. The van der Waals surface area contributed by atoms with Crippen LogP contribution in [-0.2, 0) is 22.7 Å². The molecular weight excluding hydrogens is 411 g/mol. The van der Waals surface area contributed by atoms with E-state index in [1.807, 2.05) is 23.7 Å². The molecule has 0 bridgehead atoms. The van der Waals surface area contributed by atoms with Crippen LogP contribution < -0.4 is 5.32 Å². The Labute approximate surface area is 168 Å². The molecule has 3 heterocycles. The molecule has 1 amide bonds. The molecule has 3 atom stereocenters. The van der Waals surface area contributed by atoms with Crippen molar-refractivity contribution in [2.45, 2.75) is 25.7 Å². The van der Waals surface area contributed by atoms with Crippen molar-refractivity contribution >= 4 is 23.2 Å². The zero-order chi connectivity index (χ0) is 21.0. The van der Waals surface area contributed by atoms with E-state index < -0.39 is 12.1 Å². The third kappa shape index (κ3) is 6.04. The molecule has 2 aromatic heterocycles. The van der Waals surface area contributed by atoms with Crippen molar-refractivity contribution in [1.29, 1.82) is 0 Å². The van der Waals surface area contributed by atoms with Gasteiger partial charge in [0.15, 0.2) is 0 Å². The molecular formula is C18H20F3N3O4S. The second kappa shape index (κ2) is 8.95. The van der Waals surface area contributed by atoms with Gasteiger partial charge >= 0.3 is 12.1 Å². The number of aromatic nitrogens is 1. The highest BCUT2D eigenvalue weighted by atomic mass is 32.1. The van der Waals surface area contributed by atoms with Crippen LogP contribution in [0.4, 0.5) is 13.2 Å². The van der Waals surface area contributed by atoms with E-state index in [4.69, 9.17) is 14.3 Å². The molecule has 2 N–H and O–H groups in total. The number of hydrogen-bond donors (Lipinski definition) is 2. The Kier molecular flexibility index (Phi) is 6.58. The average Bonchev–Trinajstić information content (AvgIpc) is 3.20. The van der Waals surface area contributed by atoms with Crippen molar-refractivity contribution < 1.29 is 32.3 Å². The largest absolute Gasteiger partial charge is 0.490 e. The number of rotatable bonds is 6. The number of amides is 1. The maximum absolute atomic E-state index is 12.0. The quantitative estimate of drug-likeness (QED) is 0.730. The molecule has 0 spiro atoms. The molecule has 2 aromatic rings. The van der Waals surface area contributed by atoms with Gasteiger partial charge < -0.3 is 14.8 Å². The number of carbonyl (C=O) groups excluding carboxylic acids is 1. The van der Waals surface area contributed by atoms with Gasteiger partial charge in [0.25, 0.3) is 0 Å². The van der Waals surface area contributed by atoms with Gasteiger partial charge in [0.1, 0.15) is 10.8 Å². The fourth-order valence-corrected chi connectivity index (χ4v) is 4.23. The second-order valence-corrected chi connectivity index (χ2v) is 7.95. The topological polar surface area (TPSA) is 95.7 Å². The lowest BCUT2D eigenvalue weighted by molar-refractivity contribution is -0.192. The number of carbonyl (C=O) groups is 2. The van der Waals surface area contributed by atoms with Crippen LogP contribution >= 0.6 is 11.3 Å². The van der Waals surface area contributed by atoms with E-state index in [0.717, 1.165) is 25.4 Å². The number of nitrogens with zero attached hydrogens (tertiary/aromatic N) is 2. The first-order valence-corrected chi connectivity index (χ1v) is 9.82. The third-order valence-electron chi connectivity index (χ3n) is 4.99. The number of piperidine rings is 1. The number of furan rings is 1. The molecule has 158 valence electrons. The number of fused-ring (bicyclic) bond motifs is 1. The molecule has 7 nitrogen and oxygen atoms in total. The maximum atomic E-state index is 12.0. The van der Waals surface area contributed by atoms with Crippen molar-refractivity contribution in [2.75, 3.05) is 13.1 Å². The van der Waals surface area contributed by atoms with Crippen molar-refractivity contribution in [3.05, 3.63) is 40.7 Å². The zero-order valence-electron chi connectivity index (χ0n) is 15.3. The molecule has 4 rings (SSSR count). The predicted molar refractivity (Wildman–Crippen MR) is 96.7 cm³/mol. The van der Waals surface area contributed by atoms with Crippen molar-refractivity contribution in [3.8, 4) is 0 Å². The average molecular weight is 431 g/mol. The lowest BCUT2D eigenvalue weighted by Gasteiger charge is -2.17. The fourth-order valence-electron chi connectivity index (χ4n) is 3.58. The summed E-state index contributed by atoms with van der Waals surface area (Å²) in [5.74, 6) is 0.168. The third-order valence-corrected chi connectivity index (χ3v) is 5.76.